The first-order valence-corrected chi connectivity index (χ1v) is 7.34. The molecule has 2 rings (SSSR count). The van der Waals surface area contributed by atoms with Gasteiger partial charge < -0.3 is 14.6 Å². The Labute approximate surface area is 134 Å². The van der Waals surface area contributed by atoms with Crippen molar-refractivity contribution in [1.29, 1.82) is 0 Å². The quantitative estimate of drug-likeness (QED) is 0.470. The molecule has 0 aliphatic carbocycles. The Balaban J connectivity index is 2.01. The van der Waals surface area contributed by atoms with E-state index < -0.39 is 12.1 Å². The molecule has 1 aliphatic heterocycles. The van der Waals surface area contributed by atoms with Crippen molar-refractivity contribution in [2.75, 3.05) is 26.7 Å². The number of aliphatic carboxylic acids is 1. The van der Waals surface area contributed by atoms with Crippen LogP contribution in [-0.2, 0) is 16.1 Å². The molecule has 1 fully saturated rings. The Kier molecular flexibility index (Phi) is 6.22. The van der Waals surface area contributed by atoms with Crippen LogP contribution >= 0.6 is 0 Å². The lowest BCUT2D eigenvalue weighted by Gasteiger charge is -2.37. The number of hydrogen-bond donors (Lipinski definition) is 1. The molecule has 0 aromatic heterocycles. The first-order valence-electron chi connectivity index (χ1n) is 7.34. The van der Waals surface area contributed by atoms with Gasteiger partial charge in [0, 0.05) is 24.5 Å². The van der Waals surface area contributed by atoms with Crippen LogP contribution in [0.15, 0.2) is 29.4 Å². The summed E-state index contributed by atoms with van der Waals surface area (Å²) in [6.45, 7) is 2.01. The molecule has 1 aromatic carbocycles. The van der Waals surface area contributed by atoms with E-state index >= 15 is 0 Å². The molecule has 124 valence electrons. The van der Waals surface area contributed by atoms with E-state index in [0.29, 0.717) is 19.6 Å². The molecule has 2 atom stereocenters. The lowest BCUT2D eigenvalue weighted by atomic mass is 10.1. The van der Waals surface area contributed by atoms with E-state index in [9.17, 15) is 4.79 Å². The second-order valence-electron chi connectivity index (χ2n) is 5.43. The second kappa shape index (κ2) is 8.38. The van der Waals surface area contributed by atoms with Gasteiger partial charge in [-0.15, -0.1) is 0 Å². The molecule has 8 heteroatoms. The van der Waals surface area contributed by atoms with Gasteiger partial charge in [-0.2, -0.15) is 0 Å². The van der Waals surface area contributed by atoms with Gasteiger partial charge in [0.25, 0.3) is 0 Å². The third-order valence-electron chi connectivity index (χ3n) is 3.62. The number of azide groups is 1. The molecule has 1 heterocycles. The molecular weight excluding hydrogens is 300 g/mol. The van der Waals surface area contributed by atoms with E-state index in [1.54, 1.807) is 7.11 Å². The van der Waals surface area contributed by atoms with Crippen molar-refractivity contribution in [2.45, 2.75) is 25.2 Å². The first-order chi connectivity index (χ1) is 11.1. The number of hydrogen-bond acceptors (Lipinski definition) is 5. The first kappa shape index (κ1) is 17.1. The zero-order valence-electron chi connectivity index (χ0n) is 13.0. The van der Waals surface area contributed by atoms with Crippen LogP contribution < -0.4 is 4.74 Å². The Bertz CT molecular complexity index is 559. The topological polar surface area (TPSA) is 108 Å². The highest BCUT2D eigenvalue weighted by Gasteiger charge is 2.28. The van der Waals surface area contributed by atoms with Gasteiger partial charge in [0.2, 0.25) is 0 Å². The summed E-state index contributed by atoms with van der Waals surface area (Å²) >= 11 is 0. The number of carboxylic acids is 1. The standard InChI is InChI=1S/C15H20N4O4/c1-22-12-4-2-11(3-5-12)8-19-9-13(6-15(20)21)23-14(10-19)7-17-18-16/h2-5,13-14H,6-10H2,1H3,(H,20,21)/t13-,14+/m0/s1. The number of carbonyl (C=O) groups is 1. The summed E-state index contributed by atoms with van der Waals surface area (Å²) in [5.41, 5.74) is 9.54. The van der Waals surface area contributed by atoms with Crippen LogP contribution in [0.3, 0.4) is 0 Å². The van der Waals surface area contributed by atoms with E-state index in [4.69, 9.17) is 20.1 Å². The minimum absolute atomic E-state index is 0.0636. The number of carboxylic acid groups (broad SMARTS) is 1. The van der Waals surface area contributed by atoms with Gasteiger partial charge in [-0.3, -0.25) is 9.69 Å². The molecule has 0 amide bonds. The second-order valence-corrected chi connectivity index (χ2v) is 5.43. The van der Waals surface area contributed by atoms with Crippen molar-refractivity contribution >= 4 is 5.97 Å². The Morgan fingerprint density at radius 1 is 1.43 bits per heavy atom. The molecule has 0 radical (unpaired) electrons. The molecule has 1 saturated heterocycles. The third kappa shape index (κ3) is 5.45. The minimum atomic E-state index is -0.899. The number of rotatable bonds is 7. The van der Waals surface area contributed by atoms with Crippen LogP contribution in [0.1, 0.15) is 12.0 Å². The summed E-state index contributed by atoms with van der Waals surface area (Å²) in [5, 5.41) is 12.5. The molecule has 1 N–H and O–H groups in total. The molecule has 0 spiro atoms. The Morgan fingerprint density at radius 3 is 2.74 bits per heavy atom. The summed E-state index contributed by atoms with van der Waals surface area (Å²) in [7, 11) is 1.62. The lowest BCUT2D eigenvalue weighted by Crippen LogP contribution is -2.48. The monoisotopic (exact) mass is 320 g/mol. The predicted molar refractivity (Wildman–Crippen MR) is 83.2 cm³/mol. The maximum atomic E-state index is 10.9. The van der Waals surface area contributed by atoms with Crippen LogP contribution in [0.5, 0.6) is 5.75 Å². The van der Waals surface area contributed by atoms with Gasteiger partial charge in [0.15, 0.2) is 0 Å². The van der Waals surface area contributed by atoms with Crippen LogP contribution in [0.4, 0.5) is 0 Å². The van der Waals surface area contributed by atoms with Gasteiger partial charge in [0.1, 0.15) is 5.75 Å². The van der Waals surface area contributed by atoms with E-state index in [2.05, 4.69) is 14.9 Å². The molecule has 8 nitrogen and oxygen atoms in total. The molecular formula is C15H20N4O4. The fraction of sp³-hybridized carbons (Fsp3) is 0.533. The van der Waals surface area contributed by atoms with Crippen molar-refractivity contribution in [1.82, 2.24) is 4.90 Å². The van der Waals surface area contributed by atoms with Crippen molar-refractivity contribution in [3.05, 3.63) is 40.3 Å². The molecule has 0 bridgehead atoms. The van der Waals surface area contributed by atoms with Gasteiger partial charge in [-0.05, 0) is 23.2 Å². The van der Waals surface area contributed by atoms with Crippen LogP contribution in [-0.4, -0.2) is 54.9 Å². The van der Waals surface area contributed by atoms with Crippen molar-refractivity contribution in [2.24, 2.45) is 5.11 Å². The summed E-state index contributed by atoms with van der Waals surface area (Å²) in [5.74, 6) is -0.107. The van der Waals surface area contributed by atoms with Crippen LogP contribution in [0.2, 0.25) is 0 Å². The maximum absolute atomic E-state index is 10.9. The SMILES string of the molecule is COc1ccc(CN2C[C@@H](CN=[N+]=[N-])O[C@@H](CC(=O)O)C2)cc1. The highest BCUT2D eigenvalue weighted by atomic mass is 16.5. The number of ether oxygens (including phenoxy) is 2. The van der Waals surface area contributed by atoms with E-state index in [-0.39, 0.29) is 19.1 Å². The maximum Gasteiger partial charge on any atom is 0.306 e. The molecule has 0 saturated carbocycles. The highest BCUT2D eigenvalue weighted by molar-refractivity contribution is 5.67. The zero-order valence-corrected chi connectivity index (χ0v) is 13.0. The number of morpholine rings is 1. The predicted octanol–water partition coefficient (Wildman–Crippen LogP) is 2.05. The minimum Gasteiger partial charge on any atom is -0.497 e. The average Bonchev–Trinajstić information content (AvgIpc) is 2.53. The third-order valence-corrected chi connectivity index (χ3v) is 3.62. The fourth-order valence-electron chi connectivity index (χ4n) is 2.66. The number of nitrogens with zero attached hydrogens (tertiary/aromatic N) is 4. The number of methoxy groups -OCH3 is 1. The summed E-state index contributed by atoms with van der Waals surface area (Å²) in [6.07, 6.45) is -0.757. The van der Waals surface area contributed by atoms with Crippen molar-refractivity contribution < 1.29 is 19.4 Å². The number of benzene rings is 1. The normalized spacial score (nSPS) is 21.4. The summed E-state index contributed by atoms with van der Waals surface area (Å²) in [6, 6.07) is 7.73. The summed E-state index contributed by atoms with van der Waals surface area (Å²) < 4.78 is 10.8. The van der Waals surface area contributed by atoms with Crippen LogP contribution in [0.25, 0.3) is 10.4 Å². The molecule has 1 aromatic rings. The van der Waals surface area contributed by atoms with Crippen molar-refractivity contribution in [3.63, 3.8) is 0 Å². The van der Waals surface area contributed by atoms with Crippen molar-refractivity contribution in [3.8, 4) is 5.75 Å². The Morgan fingerprint density at radius 2 is 2.13 bits per heavy atom. The highest BCUT2D eigenvalue weighted by Crippen LogP contribution is 2.19. The van der Waals surface area contributed by atoms with E-state index in [1.165, 1.54) is 0 Å². The van der Waals surface area contributed by atoms with Gasteiger partial charge >= 0.3 is 5.97 Å². The largest absolute Gasteiger partial charge is 0.497 e. The van der Waals surface area contributed by atoms with Gasteiger partial charge in [-0.1, -0.05) is 17.2 Å². The average molecular weight is 320 g/mol. The molecule has 1 aliphatic rings. The molecule has 23 heavy (non-hydrogen) atoms. The van der Waals surface area contributed by atoms with E-state index in [0.717, 1.165) is 11.3 Å². The summed E-state index contributed by atoms with van der Waals surface area (Å²) in [4.78, 5) is 15.8. The van der Waals surface area contributed by atoms with Gasteiger partial charge in [0.05, 0.1) is 32.3 Å². The smallest absolute Gasteiger partial charge is 0.306 e. The zero-order chi connectivity index (χ0) is 16.7. The molecule has 0 unspecified atom stereocenters. The van der Waals surface area contributed by atoms with Gasteiger partial charge in [-0.25, -0.2) is 0 Å². The lowest BCUT2D eigenvalue weighted by molar-refractivity contribution is -0.145. The van der Waals surface area contributed by atoms with Crippen LogP contribution in [0, 0.1) is 0 Å². The fourth-order valence-corrected chi connectivity index (χ4v) is 2.66. The van der Waals surface area contributed by atoms with E-state index in [1.807, 2.05) is 24.3 Å². The Hall–Kier alpha value is -2.28.